The van der Waals surface area contributed by atoms with Crippen LogP contribution in [0.4, 0.5) is 10.1 Å². The average Bonchev–Trinajstić information content (AvgIpc) is 3.48. The SMILES string of the molecule is CCOC(=O)[C@@H]1C(=O)C2=C(C[C@H]1c1cccs1)N(c1ccc(F)cc1)C(=O)C[C@H]2c1ccc(OC)c(OC)c1. The van der Waals surface area contributed by atoms with Crippen LogP contribution >= 0.6 is 11.3 Å². The number of ketones is 1. The molecule has 0 unspecified atom stereocenters. The highest BCUT2D eigenvalue weighted by atomic mass is 32.1. The van der Waals surface area contributed by atoms with Crippen molar-refractivity contribution in [3.8, 4) is 11.5 Å². The smallest absolute Gasteiger partial charge is 0.317 e. The molecule has 0 fully saturated rings. The second kappa shape index (κ2) is 11.0. The summed E-state index contributed by atoms with van der Waals surface area (Å²) in [5.41, 5.74) is 2.06. The van der Waals surface area contributed by atoms with Crippen LogP contribution in [0.2, 0.25) is 0 Å². The van der Waals surface area contributed by atoms with E-state index in [4.69, 9.17) is 14.2 Å². The van der Waals surface area contributed by atoms with Crippen LogP contribution in [0, 0.1) is 11.7 Å². The Morgan fingerprint density at radius 2 is 1.77 bits per heavy atom. The number of thiophene rings is 1. The molecular weight excluding hydrogens is 521 g/mol. The number of benzene rings is 2. The van der Waals surface area contributed by atoms with Crippen molar-refractivity contribution in [3.63, 3.8) is 0 Å². The molecule has 2 aliphatic rings. The van der Waals surface area contributed by atoms with Crippen molar-refractivity contribution in [1.29, 1.82) is 0 Å². The highest BCUT2D eigenvalue weighted by Crippen LogP contribution is 2.50. The van der Waals surface area contributed by atoms with Crippen molar-refractivity contribution in [2.24, 2.45) is 5.92 Å². The Bertz CT molecular complexity index is 1430. The van der Waals surface area contributed by atoms with Gasteiger partial charge < -0.3 is 14.2 Å². The van der Waals surface area contributed by atoms with Crippen LogP contribution in [0.15, 0.2) is 71.2 Å². The van der Waals surface area contributed by atoms with Gasteiger partial charge >= 0.3 is 5.97 Å². The largest absolute Gasteiger partial charge is 0.493 e. The van der Waals surface area contributed by atoms with Crippen molar-refractivity contribution in [3.05, 3.63) is 87.5 Å². The molecule has 0 saturated heterocycles. The summed E-state index contributed by atoms with van der Waals surface area (Å²) >= 11 is 1.45. The Morgan fingerprint density at radius 3 is 2.41 bits per heavy atom. The fourth-order valence-electron chi connectivity index (χ4n) is 5.55. The van der Waals surface area contributed by atoms with Gasteiger partial charge in [-0.25, -0.2) is 4.39 Å². The third-order valence-electron chi connectivity index (χ3n) is 7.26. The first kappa shape index (κ1) is 26.6. The number of hydrogen-bond donors (Lipinski definition) is 0. The van der Waals surface area contributed by atoms with Crippen molar-refractivity contribution in [1.82, 2.24) is 0 Å². The predicted molar refractivity (Wildman–Crippen MR) is 145 cm³/mol. The molecule has 2 aromatic carbocycles. The van der Waals surface area contributed by atoms with E-state index in [1.807, 2.05) is 17.5 Å². The van der Waals surface area contributed by atoms with Crippen LogP contribution < -0.4 is 14.4 Å². The van der Waals surface area contributed by atoms with E-state index in [1.165, 1.54) is 54.7 Å². The Balaban J connectivity index is 1.72. The van der Waals surface area contributed by atoms with E-state index in [-0.39, 0.29) is 31.1 Å². The lowest BCUT2D eigenvalue weighted by Gasteiger charge is -2.42. The van der Waals surface area contributed by atoms with Gasteiger partial charge in [0, 0.05) is 40.1 Å². The Kier molecular flexibility index (Phi) is 7.52. The zero-order chi connectivity index (χ0) is 27.7. The molecule has 1 aliphatic carbocycles. The lowest BCUT2D eigenvalue weighted by atomic mass is 9.69. The molecule has 7 nitrogen and oxygen atoms in total. The fourth-order valence-corrected chi connectivity index (χ4v) is 6.41. The maximum absolute atomic E-state index is 14.4. The lowest BCUT2D eigenvalue weighted by Crippen LogP contribution is -2.46. The molecule has 1 amide bonds. The second-order valence-corrected chi connectivity index (χ2v) is 10.3. The van der Waals surface area contributed by atoms with Gasteiger partial charge in [0.25, 0.3) is 0 Å². The molecule has 0 bridgehead atoms. The molecule has 3 aromatic rings. The van der Waals surface area contributed by atoms with Crippen LogP contribution in [0.1, 0.15) is 42.0 Å². The van der Waals surface area contributed by atoms with Crippen molar-refractivity contribution in [2.75, 3.05) is 25.7 Å². The Labute approximate surface area is 229 Å². The lowest BCUT2D eigenvalue weighted by molar-refractivity contribution is -0.152. The van der Waals surface area contributed by atoms with E-state index >= 15 is 0 Å². The highest BCUT2D eigenvalue weighted by Gasteiger charge is 2.50. The molecule has 2 heterocycles. The molecule has 0 saturated carbocycles. The molecule has 1 aliphatic heterocycles. The second-order valence-electron chi connectivity index (χ2n) is 9.36. The number of rotatable bonds is 7. The number of halogens is 1. The number of methoxy groups -OCH3 is 2. The van der Waals surface area contributed by atoms with Crippen LogP contribution in [0.3, 0.4) is 0 Å². The predicted octanol–water partition coefficient (Wildman–Crippen LogP) is 5.61. The summed E-state index contributed by atoms with van der Waals surface area (Å²) in [4.78, 5) is 43.7. The first-order chi connectivity index (χ1) is 18.9. The van der Waals surface area contributed by atoms with E-state index < -0.39 is 29.5 Å². The van der Waals surface area contributed by atoms with Gasteiger partial charge in [-0.1, -0.05) is 12.1 Å². The molecule has 0 radical (unpaired) electrons. The zero-order valence-corrected chi connectivity index (χ0v) is 22.6. The minimum absolute atomic E-state index is 0.0172. The first-order valence-electron chi connectivity index (χ1n) is 12.7. The molecule has 9 heteroatoms. The van der Waals surface area contributed by atoms with Crippen molar-refractivity contribution in [2.45, 2.75) is 31.6 Å². The summed E-state index contributed by atoms with van der Waals surface area (Å²) in [5, 5.41) is 1.89. The molecule has 3 atom stereocenters. The van der Waals surface area contributed by atoms with Gasteiger partial charge in [-0.15, -0.1) is 11.3 Å². The summed E-state index contributed by atoms with van der Waals surface area (Å²) in [5.74, 6) is -2.79. The van der Waals surface area contributed by atoms with Gasteiger partial charge in [-0.05, 0) is 66.8 Å². The molecular formula is C30H28FNO6S. The maximum Gasteiger partial charge on any atom is 0.317 e. The number of carbonyl (C=O) groups excluding carboxylic acids is 3. The first-order valence-corrected chi connectivity index (χ1v) is 13.5. The van der Waals surface area contributed by atoms with E-state index in [0.717, 1.165) is 4.88 Å². The molecule has 5 rings (SSSR count). The van der Waals surface area contributed by atoms with Crippen molar-refractivity contribution >= 4 is 34.7 Å². The number of esters is 1. The monoisotopic (exact) mass is 549 g/mol. The standard InChI is InChI=1S/C30H28FNO6S/c1-4-38-30(35)28-21(25-6-5-13-39-25)15-22-27(29(28)34)20(17-7-12-23(36-2)24(14-17)37-3)16-26(33)32(22)19-10-8-18(31)9-11-19/h5-14,20-21,28H,4,15-16H2,1-3H3/t20-,21-,28-/m0/s1. The van der Waals surface area contributed by atoms with Crippen LogP contribution in [0.5, 0.6) is 11.5 Å². The number of anilines is 1. The van der Waals surface area contributed by atoms with Crippen molar-refractivity contribution < 1.29 is 33.0 Å². The van der Waals surface area contributed by atoms with Crippen LogP contribution in [-0.4, -0.2) is 38.5 Å². The fraction of sp³-hybridized carbons (Fsp3) is 0.300. The Hall–Kier alpha value is -3.98. The van der Waals surface area contributed by atoms with Gasteiger partial charge in [-0.3, -0.25) is 19.3 Å². The summed E-state index contributed by atoms with van der Waals surface area (Å²) in [7, 11) is 3.05. The van der Waals surface area contributed by atoms with Crippen LogP contribution in [-0.2, 0) is 19.1 Å². The summed E-state index contributed by atoms with van der Waals surface area (Å²) in [6, 6.07) is 14.7. The van der Waals surface area contributed by atoms with E-state index in [1.54, 1.807) is 25.1 Å². The van der Waals surface area contributed by atoms with Gasteiger partial charge in [0.2, 0.25) is 5.91 Å². The number of hydrogen-bond acceptors (Lipinski definition) is 7. The van der Waals surface area contributed by atoms with Gasteiger partial charge in [0.15, 0.2) is 17.3 Å². The topological polar surface area (TPSA) is 82.1 Å². The number of amides is 1. The summed E-state index contributed by atoms with van der Waals surface area (Å²) in [6.07, 6.45) is 0.245. The quantitative estimate of drug-likeness (QED) is 0.281. The zero-order valence-electron chi connectivity index (χ0n) is 21.8. The number of ether oxygens (including phenoxy) is 3. The summed E-state index contributed by atoms with van der Waals surface area (Å²) in [6.45, 7) is 1.85. The normalized spacial score (nSPS) is 21.0. The minimum Gasteiger partial charge on any atom is -0.493 e. The number of allylic oxidation sites excluding steroid dienone is 2. The molecule has 1 aromatic heterocycles. The molecule has 0 N–H and O–H groups in total. The van der Waals surface area contributed by atoms with Gasteiger partial charge in [-0.2, -0.15) is 0 Å². The number of nitrogens with zero attached hydrogens (tertiary/aromatic N) is 1. The number of carbonyl (C=O) groups is 3. The molecule has 39 heavy (non-hydrogen) atoms. The van der Waals surface area contributed by atoms with Gasteiger partial charge in [0.1, 0.15) is 11.7 Å². The van der Waals surface area contributed by atoms with E-state index in [9.17, 15) is 18.8 Å². The maximum atomic E-state index is 14.4. The van der Waals surface area contributed by atoms with E-state index in [2.05, 4.69) is 0 Å². The summed E-state index contributed by atoms with van der Waals surface area (Å²) < 4.78 is 30.0. The highest BCUT2D eigenvalue weighted by molar-refractivity contribution is 7.10. The minimum atomic E-state index is -1.05. The molecule has 0 spiro atoms. The van der Waals surface area contributed by atoms with Crippen LogP contribution in [0.25, 0.3) is 0 Å². The number of Topliss-reactive ketones (excluding diaryl/α,β-unsaturated/α-hetero) is 1. The molecule has 202 valence electrons. The van der Waals surface area contributed by atoms with Gasteiger partial charge in [0.05, 0.1) is 20.8 Å². The third-order valence-corrected chi connectivity index (χ3v) is 8.27. The average molecular weight is 550 g/mol. The van der Waals surface area contributed by atoms with E-state index in [0.29, 0.717) is 34.0 Å². The Morgan fingerprint density at radius 1 is 1.03 bits per heavy atom. The third kappa shape index (κ3) is 4.83.